The van der Waals surface area contributed by atoms with Gasteiger partial charge in [-0.25, -0.2) is 0 Å². The van der Waals surface area contributed by atoms with Crippen LogP contribution in [-0.4, -0.2) is 25.4 Å². The molecule has 0 aliphatic heterocycles. The maximum Gasteiger partial charge on any atom is 0.125 e. The Bertz CT molecular complexity index is 593. The Morgan fingerprint density at radius 2 is 1.76 bits per heavy atom. The number of aryl methyl sites for hydroxylation is 2. The van der Waals surface area contributed by atoms with Crippen LogP contribution in [0.3, 0.4) is 0 Å². The number of para-hydroxylation sites is 1. The largest absolute Gasteiger partial charge is 0.491 e. The Balaban J connectivity index is 2.25. The Hall–Kier alpha value is -1.84. The zero-order chi connectivity index (χ0) is 15.2. The van der Waals surface area contributed by atoms with Crippen molar-refractivity contribution in [3.05, 3.63) is 64.7 Å². The van der Waals surface area contributed by atoms with Crippen molar-refractivity contribution in [1.82, 2.24) is 0 Å². The molecule has 0 amide bonds. The van der Waals surface area contributed by atoms with Crippen molar-refractivity contribution in [2.45, 2.75) is 20.0 Å². The molecule has 2 rings (SSSR count). The molecule has 2 aromatic rings. The van der Waals surface area contributed by atoms with Gasteiger partial charge in [0, 0.05) is 12.7 Å². The second kappa shape index (κ2) is 7.25. The predicted octanol–water partition coefficient (Wildman–Crippen LogP) is 3.41. The van der Waals surface area contributed by atoms with Gasteiger partial charge in [0.2, 0.25) is 0 Å². The molecule has 3 nitrogen and oxygen atoms in total. The molecule has 0 radical (unpaired) electrons. The summed E-state index contributed by atoms with van der Waals surface area (Å²) in [7, 11) is 1.64. The average molecular weight is 286 g/mol. The van der Waals surface area contributed by atoms with E-state index < -0.39 is 6.10 Å². The third-order valence-corrected chi connectivity index (χ3v) is 3.61. The maximum atomic E-state index is 10.6. The lowest BCUT2D eigenvalue weighted by atomic mass is 9.97. The summed E-state index contributed by atoms with van der Waals surface area (Å²) < 4.78 is 10.7. The maximum absolute atomic E-state index is 10.6. The first-order valence-electron chi connectivity index (χ1n) is 7.09. The molecule has 0 aliphatic carbocycles. The number of benzene rings is 2. The molecule has 1 N–H and O–H groups in total. The van der Waals surface area contributed by atoms with Gasteiger partial charge < -0.3 is 14.6 Å². The molecule has 0 bridgehead atoms. The molecule has 112 valence electrons. The summed E-state index contributed by atoms with van der Waals surface area (Å²) in [6.45, 7) is 5.10. The van der Waals surface area contributed by atoms with Gasteiger partial charge in [-0.2, -0.15) is 0 Å². The van der Waals surface area contributed by atoms with Crippen molar-refractivity contribution in [2.24, 2.45) is 0 Å². The molecule has 0 aromatic heterocycles. The standard InChI is InChI=1S/C18H22O3/c1-13-8-9-15(12-14(13)2)18(19)16-6-4-5-7-17(16)21-11-10-20-3/h4-9,12,18-19H,10-11H2,1-3H3. The highest BCUT2D eigenvalue weighted by Gasteiger charge is 2.15. The van der Waals surface area contributed by atoms with E-state index in [0.29, 0.717) is 19.0 Å². The third-order valence-electron chi connectivity index (χ3n) is 3.61. The molecular weight excluding hydrogens is 264 g/mol. The van der Waals surface area contributed by atoms with Crippen LogP contribution in [0.1, 0.15) is 28.4 Å². The van der Waals surface area contributed by atoms with Gasteiger partial charge in [-0.05, 0) is 36.6 Å². The lowest BCUT2D eigenvalue weighted by Gasteiger charge is -2.17. The number of ether oxygens (including phenoxy) is 2. The number of methoxy groups -OCH3 is 1. The Morgan fingerprint density at radius 1 is 1.00 bits per heavy atom. The third kappa shape index (κ3) is 3.84. The summed E-state index contributed by atoms with van der Waals surface area (Å²) in [5, 5.41) is 10.6. The monoisotopic (exact) mass is 286 g/mol. The summed E-state index contributed by atoms with van der Waals surface area (Å²) in [5.41, 5.74) is 4.04. The average Bonchev–Trinajstić information content (AvgIpc) is 2.50. The predicted molar refractivity (Wildman–Crippen MR) is 83.8 cm³/mol. The van der Waals surface area contributed by atoms with E-state index in [1.54, 1.807) is 7.11 Å². The van der Waals surface area contributed by atoms with Crippen LogP contribution in [0.5, 0.6) is 5.75 Å². The fourth-order valence-electron chi connectivity index (χ4n) is 2.19. The van der Waals surface area contributed by atoms with Crippen LogP contribution >= 0.6 is 0 Å². The van der Waals surface area contributed by atoms with Crippen molar-refractivity contribution in [1.29, 1.82) is 0 Å². The first-order chi connectivity index (χ1) is 10.1. The van der Waals surface area contributed by atoms with Gasteiger partial charge in [-0.1, -0.05) is 36.4 Å². The highest BCUT2D eigenvalue weighted by molar-refractivity contribution is 5.42. The van der Waals surface area contributed by atoms with Crippen LogP contribution in [0, 0.1) is 13.8 Å². The van der Waals surface area contributed by atoms with Crippen molar-refractivity contribution in [2.75, 3.05) is 20.3 Å². The molecule has 0 fully saturated rings. The summed E-state index contributed by atoms with van der Waals surface area (Å²) in [6.07, 6.45) is -0.692. The summed E-state index contributed by atoms with van der Waals surface area (Å²) in [4.78, 5) is 0. The van der Waals surface area contributed by atoms with E-state index in [1.807, 2.05) is 49.4 Å². The molecule has 2 aromatic carbocycles. The van der Waals surface area contributed by atoms with Crippen molar-refractivity contribution in [3.63, 3.8) is 0 Å². The first-order valence-corrected chi connectivity index (χ1v) is 7.09. The van der Waals surface area contributed by atoms with Crippen LogP contribution < -0.4 is 4.74 Å². The Morgan fingerprint density at radius 3 is 2.48 bits per heavy atom. The number of rotatable bonds is 6. The van der Waals surface area contributed by atoms with Gasteiger partial charge in [0.25, 0.3) is 0 Å². The van der Waals surface area contributed by atoms with Gasteiger partial charge in [0.05, 0.1) is 6.61 Å². The zero-order valence-electron chi connectivity index (χ0n) is 12.8. The van der Waals surface area contributed by atoms with E-state index in [0.717, 1.165) is 11.1 Å². The van der Waals surface area contributed by atoms with E-state index in [9.17, 15) is 5.11 Å². The lowest BCUT2D eigenvalue weighted by molar-refractivity contribution is 0.142. The van der Waals surface area contributed by atoms with Gasteiger partial charge >= 0.3 is 0 Å². The lowest BCUT2D eigenvalue weighted by Crippen LogP contribution is -2.08. The van der Waals surface area contributed by atoms with Crippen LogP contribution in [0.4, 0.5) is 0 Å². The minimum absolute atomic E-state index is 0.465. The van der Waals surface area contributed by atoms with E-state index in [1.165, 1.54) is 11.1 Å². The summed E-state index contributed by atoms with van der Waals surface area (Å²) in [6, 6.07) is 13.6. The first kappa shape index (κ1) is 15.5. The van der Waals surface area contributed by atoms with E-state index in [-0.39, 0.29) is 0 Å². The Labute approximate surface area is 126 Å². The second-order valence-corrected chi connectivity index (χ2v) is 5.13. The van der Waals surface area contributed by atoms with Gasteiger partial charge in [0.15, 0.2) is 0 Å². The summed E-state index contributed by atoms with van der Waals surface area (Å²) in [5.74, 6) is 0.695. The number of aliphatic hydroxyl groups excluding tert-OH is 1. The van der Waals surface area contributed by atoms with Crippen LogP contribution in [0.25, 0.3) is 0 Å². The molecule has 21 heavy (non-hydrogen) atoms. The van der Waals surface area contributed by atoms with Gasteiger partial charge in [-0.3, -0.25) is 0 Å². The molecule has 3 heteroatoms. The zero-order valence-corrected chi connectivity index (χ0v) is 12.8. The van der Waals surface area contributed by atoms with Gasteiger partial charge in [-0.15, -0.1) is 0 Å². The molecule has 0 saturated heterocycles. The highest BCUT2D eigenvalue weighted by atomic mass is 16.5. The second-order valence-electron chi connectivity index (χ2n) is 5.13. The molecule has 0 spiro atoms. The number of aliphatic hydroxyl groups is 1. The minimum atomic E-state index is -0.692. The minimum Gasteiger partial charge on any atom is -0.491 e. The van der Waals surface area contributed by atoms with Crippen molar-refractivity contribution in [3.8, 4) is 5.75 Å². The fourth-order valence-corrected chi connectivity index (χ4v) is 2.19. The smallest absolute Gasteiger partial charge is 0.125 e. The van der Waals surface area contributed by atoms with E-state index >= 15 is 0 Å². The van der Waals surface area contributed by atoms with Crippen molar-refractivity contribution >= 4 is 0 Å². The molecule has 0 saturated carbocycles. The number of hydrogen-bond donors (Lipinski definition) is 1. The van der Waals surface area contributed by atoms with E-state index in [2.05, 4.69) is 6.92 Å². The SMILES string of the molecule is COCCOc1ccccc1C(O)c1ccc(C)c(C)c1. The molecule has 1 unspecified atom stereocenters. The fraction of sp³-hybridized carbons (Fsp3) is 0.333. The van der Waals surface area contributed by atoms with Crippen LogP contribution in [-0.2, 0) is 4.74 Å². The highest BCUT2D eigenvalue weighted by Crippen LogP contribution is 2.30. The topological polar surface area (TPSA) is 38.7 Å². The van der Waals surface area contributed by atoms with Crippen molar-refractivity contribution < 1.29 is 14.6 Å². The van der Waals surface area contributed by atoms with E-state index in [4.69, 9.17) is 9.47 Å². The Kier molecular flexibility index (Phi) is 5.37. The molecule has 0 aliphatic rings. The van der Waals surface area contributed by atoms with Gasteiger partial charge in [0.1, 0.15) is 18.5 Å². The molecular formula is C18H22O3. The van der Waals surface area contributed by atoms with Crippen LogP contribution in [0.2, 0.25) is 0 Å². The number of hydrogen-bond acceptors (Lipinski definition) is 3. The van der Waals surface area contributed by atoms with Crippen LogP contribution in [0.15, 0.2) is 42.5 Å². The molecule has 0 heterocycles. The molecule has 1 atom stereocenters. The summed E-state index contributed by atoms with van der Waals surface area (Å²) >= 11 is 0. The normalized spacial score (nSPS) is 12.2. The quantitative estimate of drug-likeness (QED) is 0.827.